The van der Waals surface area contributed by atoms with E-state index in [0.29, 0.717) is 31.2 Å². The number of ether oxygens (including phenoxy) is 1. The third-order valence-electron chi connectivity index (χ3n) is 3.83. The molecule has 0 aliphatic carbocycles. The quantitative estimate of drug-likeness (QED) is 0.897. The highest BCUT2D eigenvalue weighted by molar-refractivity contribution is 6.30. The number of morpholine rings is 1. The fourth-order valence-corrected chi connectivity index (χ4v) is 3.13. The van der Waals surface area contributed by atoms with Crippen LogP contribution in [0.15, 0.2) is 12.1 Å². The van der Waals surface area contributed by atoms with Crippen LogP contribution in [0.5, 0.6) is 0 Å². The number of aliphatic hydroxyl groups is 1. The number of anilines is 1. The Hall–Kier alpha value is -1.30. The standard InChI is InChI=1S/C16H23ClN2O3/c1-10-6-13(17)7-11(2)15(10)18-16(21)19-4-5-22-9-14(19)8-12(3)20/h6-7,12,14,20H,4-5,8-9H2,1-3H3,(H,18,21)/t12-,14-/m0/s1. The largest absolute Gasteiger partial charge is 0.393 e. The number of amides is 2. The molecule has 1 aromatic carbocycles. The van der Waals surface area contributed by atoms with E-state index in [2.05, 4.69) is 5.32 Å². The zero-order valence-electron chi connectivity index (χ0n) is 13.2. The van der Waals surface area contributed by atoms with Gasteiger partial charge in [0.05, 0.1) is 25.4 Å². The molecule has 0 spiro atoms. The van der Waals surface area contributed by atoms with Gasteiger partial charge in [-0.05, 0) is 50.5 Å². The van der Waals surface area contributed by atoms with E-state index in [0.717, 1.165) is 16.8 Å². The van der Waals surface area contributed by atoms with E-state index in [1.807, 2.05) is 26.0 Å². The number of benzene rings is 1. The third-order valence-corrected chi connectivity index (χ3v) is 4.05. The molecule has 1 fully saturated rings. The van der Waals surface area contributed by atoms with Gasteiger partial charge in [-0.15, -0.1) is 0 Å². The van der Waals surface area contributed by atoms with E-state index in [4.69, 9.17) is 16.3 Å². The number of aliphatic hydroxyl groups excluding tert-OH is 1. The van der Waals surface area contributed by atoms with Crippen molar-refractivity contribution in [1.82, 2.24) is 4.90 Å². The molecule has 0 unspecified atom stereocenters. The molecule has 5 nitrogen and oxygen atoms in total. The Bertz CT molecular complexity index is 525. The van der Waals surface area contributed by atoms with Gasteiger partial charge in [0.2, 0.25) is 0 Å². The zero-order valence-corrected chi connectivity index (χ0v) is 14.0. The molecule has 2 rings (SSSR count). The van der Waals surface area contributed by atoms with Crippen molar-refractivity contribution in [3.63, 3.8) is 0 Å². The maximum atomic E-state index is 12.6. The minimum atomic E-state index is -0.471. The van der Waals surface area contributed by atoms with E-state index in [1.165, 1.54) is 0 Å². The summed E-state index contributed by atoms with van der Waals surface area (Å²) in [6.45, 7) is 7.05. The predicted octanol–water partition coefficient (Wildman–Crippen LogP) is 2.96. The molecular weight excluding hydrogens is 304 g/mol. The average Bonchev–Trinajstić information content (AvgIpc) is 2.42. The normalized spacial score (nSPS) is 19.9. The fourth-order valence-electron chi connectivity index (χ4n) is 2.80. The number of hydrogen-bond acceptors (Lipinski definition) is 3. The number of halogens is 1. The van der Waals surface area contributed by atoms with Crippen LogP contribution in [-0.4, -0.2) is 47.9 Å². The van der Waals surface area contributed by atoms with Crippen LogP contribution in [0.3, 0.4) is 0 Å². The molecule has 122 valence electrons. The van der Waals surface area contributed by atoms with Crippen LogP contribution in [0.2, 0.25) is 5.02 Å². The van der Waals surface area contributed by atoms with Crippen LogP contribution in [0.4, 0.5) is 10.5 Å². The Morgan fingerprint density at radius 3 is 2.73 bits per heavy atom. The molecule has 0 bridgehead atoms. The summed E-state index contributed by atoms with van der Waals surface area (Å²) in [6.07, 6.45) is 0.0347. The molecule has 1 aliphatic heterocycles. The topological polar surface area (TPSA) is 61.8 Å². The number of nitrogens with zero attached hydrogens (tertiary/aromatic N) is 1. The van der Waals surface area contributed by atoms with Crippen LogP contribution in [0, 0.1) is 13.8 Å². The second-order valence-electron chi connectivity index (χ2n) is 5.85. The third kappa shape index (κ3) is 4.12. The van der Waals surface area contributed by atoms with E-state index in [9.17, 15) is 9.90 Å². The lowest BCUT2D eigenvalue weighted by Gasteiger charge is -2.36. The maximum Gasteiger partial charge on any atom is 0.322 e. The first kappa shape index (κ1) is 17.1. The molecule has 1 aliphatic rings. The molecule has 2 N–H and O–H groups in total. The summed E-state index contributed by atoms with van der Waals surface area (Å²) in [6, 6.07) is 3.39. The molecule has 22 heavy (non-hydrogen) atoms. The second-order valence-corrected chi connectivity index (χ2v) is 6.29. The monoisotopic (exact) mass is 326 g/mol. The van der Waals surface area contributed by atoms with Crippen molar-refractivity contribution in [2.24, 2.45) is 0 Å². The minimum absolute atomic E-state index is 0.110. The molecule has 0 aromatic heterocycles. The van der Waals surface area contributed by atoms with Gasteiger partial charge in [-0.1, -0.05) is 11.6 Å². The number of carbonyl (C=O) groups excluding carboxylic acids is 1. The predicted molar refractivity (Wildman–Crippen MR) is 87.6 cm³/mol. The Kier molecular flexibility index (Phi) is 5.67. The molecule has 1 saturated heterocycles. The lowest BCUT2D eigenvalue weighted by Crippen LogP contribution is -2.51. The van der Waals surface area contributed by atoms with Crippen LogP contribution in [0.25, 0.3) is 0 Å². The summed E-state index contributed by atoms with van der Waals surface area (Å²) in [5, 5.41) is 13.2. The smallest absolute Gasteiger partial charge is 0.322 e. The van der Waals surface area contributed by atoms with Crippen molar-refractivity contribution in [3.05, 3.63) is 28.3 Å². The van der Waals surface area contributed by atoms with Crippen molar-refractivity contribution >= 4 is 23.3 Å². The van der Waals surface area contributed by atoms with Gasteiger partial charge >= 0.3 is 6.03 Å². The van der Waals surface area contributed by atoms with Gasteiger partial charge in [-0.25, -0.2) is 4.79 Å². The first-order valence-electron chi connectivity index (χ1n) is 7.48. The van der Waals surface area contributed by atoms with Crippen LogP contribution >= 0.6 is 11.6 Å². The lowest BCUT2D eigenvalue weighted by molar-refractivity contribution is -0.00161. The molecule has 2 atom stereocenters. The Balaban J connectivity index is 2.13. The van der Waals surface area contributed by atoms with E-state index < -0.39 is 6.10 Å². The first-order chi connectivity index (χ1) is 10.4. The number of aryl methyl sites for hydroxylation is 2. The molecule has 1 heterocycles. The summed E-state index contributed by atoms with van der Waals surface area (Å²) in [5.74, 6) is 0. The van der Waals surface area contributed by atoms with Crippen LogP contribution in [0.1, 0.15) is 24.5 Å². The van der Waals surface area contributed by atoms with Crippen LogP contribution in [-0.2, 0) is 4.74 Å². The fraction of sp³-hybridized carbons (Fsp3) is 0.562. The summed E-state index contributed by atoms with van der Waals surface area (Å²) in [7, 11) is 0. The van der Waals surface area contributed by atoms with Gasteiger partial charge in [0, 0.05) is 17.3 Å². The summed E-state index contributed by atoms with van der Waals surface area (Å²) in [4.78, 5) is 14.3. The maximum absolute atomic E-state index is 12.6. The zero-order chi connectivity index (χ0) is 16.3. The highest BCUT2D eigenvalue weighted by Crippen LogP contribution is 2.25. The molecule has 2 amide bonds. The van der Waals surface area contributed by atoms with Crippen molar-refractivity contribution in [2.75, 3.05) is 25.1 Å². The van der Waals surface area contributed by atoms with E-state index in [-0.39, 0.29) is 12.1 Å². The molecular formula is C16H23ClN2O3. The second kappa shape index (κ2) is 7.31. The molecule has 1 aromatic rings. The number of urea groups is 1. The van der Waals surface area contributed by atoms with Gasteiger partial charge in [0.15, 0.2) is 0 Å². The van der Waals surface area contributed by atoms with Gasteiger partial charge in [-0.2, -0.15) is 0 Å². The summed E-state index contributed by atoms with van der Waals surface area (Å²) in [5.41, 5.74) is 2.65. The van der Waals surface area contributed by atoms with Gasteiger partial charge in [0.1, 0.15) is 0 Å². The van der Waals surface area contributed by atoms with Crippen LogP contribution < -0.4 is 5.32 Å². The van der Waals surface area contributed by atoms with Gasteiger partial charge in [-0.3, -0.25) is 0 Å². The summed E-state index contributed by atoms with van der Waals surface area (Å²) < 4.78 is 5.43. The van der Waals surface area contributed by atoms with E-state index in [1.54, 1.807) is 11.8 Å². The SMILES string of the molecule is Cc1cc(Cl)cc(C)c1NC(=O)N1CCOC[C@@H]1C[C@H](C)O. The molecule has 0 saturated carbocycles. The van der Waals surface area contributed by atoms with Crippen molar-refractivity contribution in [1.29, 1.82) is 0 Å². The minimum Gasteiger partial charge on any atom is -0.393 e. The Morgan fingerprint density at radius 2 is 2.14 bits per heavy atom. The first-order valence-corrected chi connectivity index (χ1v) is 7.86. The lowest BCUT2D eigenvalue weighted by atomic mass is 10.1. The number of rotatable bonds is 3. The highest BCUT2D eigenvalue weighted by Gasteiger charge is 2.28. The van der Waals surface area contributed by atoms with Crippen molar-refractivity contribution < 1.29 is 14.6 Å². The Morgan fingerprint density at radius 1 is 1.50 bits per heavy atom. The van der Waals surface area contributed by atoms with E-state index >= 15 is 0 Å². The highest BCUT2D eigenvalue weighted by atomic mass is 35.5. The number of hydrogen-bond donors (Lipinski definition) is 2. The molecule has 0 radical (unpaired) electrons. The number of nitrogens with one attached hydrogen (secondary N) is 1. The molecule has 6 heteroatoms. The Labute approximate surface area is 136 Å². The van der Waals surface area contributed by atoms with Crippen molar-refractivity contribution in [3.8, 4) is 0 Å². The van der Waals surface area contributed by atoms with Gasteiger partial charge in [0.25, 0.3) is 0 Å². The number of carbonyl (C=O) groups is 1. The average molecular weight is 327 g/mol. The van der Waals surface area contributed by atoms with Crippen molar-refractivity contribution in [2.45, 2.75) is 39.3 Å². The summed E-state index contributed by atoms with van der Waals surface area (Å²) >= 11 is 6.02. The van der Waals surface area contributed by atoms with Gasteiger partial charge < -0.3 is 20.1 Å².